The summed E-state index contributed by atoms with van der Waals surface area (Å²) in [4.78, 5) is 10.2. The van der Waals surface area contributed by atoms with Crippen molar-refractivity contribution in [2.75, 3.05) is 6.61 Å². The number of benzene rings is 1. The highest BCUT2D eigenvalue weighted by Crippen LogP contribution is 2.31. The van der Waals surface area contributed by atoms with Crippen molar-refractivity contribution in [2.24, 2.45) is 0 Å². The highest BCUT2D eigenvalue weighted by Gasteiger charge is 2.20. The first-order valence-electron chi connectivity index (χ1n) is 4.62. The van der Waals surface area contributed by atoms with E-state index in [1.54, 1.807) is 19.9 Å². The second kappa shape index (κ2) is 4.93. The number of carboxylic acids is 1. The molecule has 0 unspecified atom stereocenters. The molecule has 0 aromatic heterocycles. The normalized spacial score (nSPS) is 11.2. The van der Waals surface area contributed by atoms with Gasteiger partial charge in [0.25, 0.3) is 9.05 Å². The molecule has 0 heterocycles. The SMILES string of the molecule is Cc1cc(C)c(OCC(=O)O)c(S(=O)(=O)Cl)c1. The van der Waals surface area contributed by atoms with Gasteiger partial charge in [-0.05, 0) is 31.0 Å². The van der Waals surface area contributed by atoms with Crippen LogP contribution in [0, 0.1) is 13.8 Å². The molecule has 0 fully saturated rings. The van der Waals surface area contributed by atoms with E-state index in [0.717, 1.165) is 0 Å². The fourth-order valence-corrected chi connectivity index (χ4v) is 2.53. The Kier molecular flexibility index (Phi) is 4.00. The monoisotopic (exact) mass is 278 g/mol. The summed E-state index contributed by atoms with van der Waals surface area (Å²) in [7, 11) is 1.30. The summed E-state index contributed by atoms with van der Waals surface area (Å²) in [5, 5.41) is 8.51. The van der Waals surface area contributed by atoms with E-state index in [4.69, 9.17) is 20.5 Å². The highest BCUT2D eigenvalue weighted by molar-refractivity contribution is 8.13. The minimum Gasteiger partial charge on any atom is -0.480 e. The summed E-state index contributed by atoms with van der Waals surface area (Å²) < 4.78 is 27.6. The Hall–Kier alpha value is -1.27. The van der Waals surface area contributed by atoms with E-state index in [0.29, 0.717) is 11.1 Å². The fourth-order valence-electron chi connectivity index (χ4n) is 1.42. The van der Waals surface area contributed by atoms with Gasteiger partial charge in [0, 0.05) is 10.7 Å². The second-order valence-electron chi connectivity index (χ2n) is 3.53. The van der Waals surface area contributed by atoms with Crippen LogP contribution < -0.4 is 4.74 Å². The lowest BCUT2D eigenvalue weighted by molar-refractivity contribution is -0.139. The molecule has 7 heteroatoms. The van der Waals surface area contributed by atoms with Crippen molar-refractivity contribution in [1.29, 1.82) is 0 Å². The fraction of sp³-hybridized carbons (Fsp3) is 0.300. The number of hydrogen-bond donors (Lipinski definition) is 1. The Balaban J connectivity index is 3.31. The molecule has 1 aromatic carbocycles. The van der Waals surface area contributed by atoms with E-state index in [-0.39, 0.29) is 10.6 Å². The lowest BCUT2D eigenvalue weighted by Crippen LogP contribution is -2.12. The van der Waals surface area contributed by atoms with Gasteiger partial charge in [-0.1, -0.05) is 6.07 Å². The van der Waals surface area contributed by atoms with Crippen molar-refractivity contribution >= 4 is 25.7 Å². The van der Waals surface area contributed by atoms with Crippen molar-refractivity contribution in [1.82, 2.24) is 0 Å². The van der Waals surface area contributed by atoms with Gasteiger partial charge in [0.05, 0.1) is 0 Å². The van der Waals surface area contributed by atoms with E-state index < -0.39 is 21.6 Å². The number of halogens is 1. The molecule has 0 atom stereocenters. The quantitative estimate of drug-likeness (QED) is 0.848. The topological polar surface area (TPSA) is 80.7 Å². The van der Waals surface area contributed by atoms with Crippen LogP contribution in [0.5, 0.6) is 5.75 Å². The molecular formula is C10H11ClO5S. The highest BCUT2D eigenvalue weighted by atomic mass is 35.7. The molecule has 5 nitrogen and oxygen atoms in total. The van der Waals surface area contributed by atoms with Gasteiger partial charge in [0.1, 0.15) is 10.6 Å². The first-order valence-corrected chi connectivity index (χ1v) is 6.93. The minimum absolute atomic E-state index is 0.0204. The van der Waals surface area contributed by atoms with Gasteiger partial charge in [0.2, 0.25) is 0 Å². The van der Waals surface area contributed by atoms with Crippen LogP contribution in [0.25, 0.3) is 0 Å². The molecule has 17 heavy (non-hydrogen) atoms. The van der Waals surface area contributed by atoms with Crippen LogP contribution in [-0.2, 0) is 13.8 Å². The first-order chi connectivity index (χ1) is 7.71. The summed E-state index contributed by atoms with van der Waals surface area (Å²) in [6.07, 6.45) is 0. The molecular weight excluding hydrogens is 268 g/mol. The molecule has 0 aliphatic carbocycles. The lowest BCUT2D eigenvalue weighted by Gasteiger charge is -2.11. The second-order valence-corrected chi connectivity index (χ2v) is 6.06. The Bertz CT molecular complexity index is 550. The van der Waals surface area contributed by atoms with Crippen molar-refractivity contribution in [3.05, 3.63) is 23.3 Å². The van der Waals surface area contributed by atoms with Crippen molar-refractivity contribution < 1.29 is 23.1 Å². The predicted molar refractivity (Wildman–Crippen MR) is 62.1 cm³/mol. The van der Waals surface area contributed by atoms with Gasteiger partial charge in [-0.3, -0.25) is 0 Å². The number of rotatable bonds is 4. The molecule has 0 aliphatic rings. The average Bonchev–Trinajstić information content (AvgIpc) is 2.13. The van der Waals surface area contributed by atoms with Crippen LogP contribution in [0.15, 0.2) is 17.0 Å². The summed E-state index contributed by atoms with van der Waals surface area (Å²) in [6.45, 7) is 2.71. The van der Waals surface area contributed by atoms with Crippen molar-refractivity contribution in [3.63, 3.8) is 0 Å². The van der Waals surface area contributed by atoms with Gasteiger partial charge < -0.3 is 9.84 Å². The van der Waals surface area contributed by atoms with E-state index >= 15 is 0 Å². The summed E-state index contributed by atoms with van der Waals surface area (Å²) >= 11 is 0. The van der Waals surface area contributed by atoms with Crippen molar-refractivity contribution in [2.45, 2.75) is 18.7 Å². The Morgan fingerprint density at radius 1 is 1.41 bits per heavy atom. The number of ether oxygens (including phenoxy) is 1. The molecule has 0 saturated carbocycles. The number of hydrogen-bond acceptors (Lipinski definition) is 4. The number of carbonyl (C=O) groups is 1. The lowest BCUT2D eigenvalue weighted by atomic mass is 10.1. The zero-order valence-electron chi connectivity index (χ0n) is 9.23. The zero-order chi connectivity index (χ0) is 13.2. The maximum atomic E-state index is 11.3. The third kappa shape index (κ3) is 3.61. The number of carboxylic acid groups (broad SMARTS) is 1. The molecule has 0 radical (unpaired) electrons. The third-order valence-electron chi connectivity index (χ3n) is 1.99. The molecule has 1 rings (SSSR count). The number of aryl methyl sites for hydroxylation is 2. The van der Waals surface area contributed by atoms with Gasteiger partial charge >= 0.3 is 5.97 Å². The molecule has 1 N–H and O–H groups in total. The first kappa shape index (κ1) is 13.8. The van der Waals surface area contributed by atoms with E-state index in [1.165, 1.54) is 6.07 Å². The Labute approximate surface area is 103 Å². The summed E-state index contributed by atoms with van der Waals surface area (Å²) in [5.74, 6) is -1.21. The number of aliphatic carboxylic acids is 1. The molecule has 0 amide bonds. The van der Waals surface area contributed by atoms with E-state index in [1.807, 2.05) is 0 Å². The van der Waals surface area contributed by atoms with Crippen LogP contribution >= 0.6 is 10.7 Å². The predicted octanol–water partition coefficient (Wildman–Crippen LogP) is 1.69. The molecule has 0 saturated heterocycles. The van der Waals surface area contributed by atoms with Crippen LogP contribution in [0.3, 0.4) is 0 Å². The minimum atomic E-state index is -3.97. The maximum Gasteiger partial charge on any atom is 0.341 e. The Morgan fingerprint density at radius 3 is 2.47 bits per heavy atom. The van der Waals surface area contributed by atoms with Crippen LogP contribution in [0.2, 0.25) is 0 Å². The van der Waals surface area contributed by atoms with Gasteiger partial charge in [-0.15, -0.1) is 0 Å². The molecule has 0 spiro atoms. The molecule has 94 valence electrons. The zero-order valence-corrected chi connectivity index (χ0v) is 10.8. The van der Waals surface area contributed by atoms with Gasteiger partial charge in [-0.2, -0.15) is 0 Å². The van der Waals surface area contributed by atoms with E-state index in [9.17, 15) is 13.2 Å². The molecule has 0 aliphatic heterocycles. The molecule has 1 aromatic rings. The van der Waals surface area contributed by atoms with Crippen LogP contribution in [0.1, 0.15) is 11.1 Å². The van der Waals surface area contributed by atoms with Crippen LogP contribution in [0.4, 0.5) is 0 Å². The smallest absolute Gasteiger partial charge is 0.341 e. The largest absolute Gasteiger partial charge is 0.480 e. The van der Waals surface area contributed by atoms with Gasteiger partial charge in [-0.25, -0.2) is 13.2 Å². The summed E-state index contributed by atoms with van der Waals surface area (Å²) in [6, 6.07) is 3.02. The maximum absolute atomic E-state index is 11.3. The average molecular weight is 279 g/mol. The standard InChI is InChI=1S/C10H11ClO5S/c1-6-3-7(2)10(16-5-9(12)13)8(4-6)17(11,14)15/h3-4H,5H2,1-2H3,(H,12,13). The van der Waals surface area contributed by atoms with Crippen molar-refractivity contribution in [3.8, 4) is 5.75 Å². The van der Waals surface area contributed by atoms with Gasteiger partial charge in [0.15, 0.2) is 6.61 Å². The molecule has 0 bridgehead atoms. The Morgan fingerprint density at radius 2 is 2.00 bits per heavy atom. The summed E-state index contributed by atoms with van der Waals surface area (Å²) in [5.41, 5.74) is 1.22. The van der Waals surface area contributed by atoms with E-state index in [2.05, 4.69) is 0 Å². The van der Waals surface area contributed by atoms with Crippen LogP contribution in [-0.4, -0.2) is 26.1 Å². The third-order valence-corrected chi connectivity index (χ3v) is 3.31.